The van der Waals surface area contributed by atoms with E-state index in [9.17, 15) is 9.18 Å². The van der Waals surface area contributed by atoms with Gasteiger partial charge in [-0.25, -0.2) is 9.49 Å². The first-order chi connectivity index (χ1) is 9.63. The summed E-state index contributed by atoms with van der Waals surface area (Å²) in [5.74, 6) is -0.338. The minimum absolute atomic E-state index is 0.277. The summed E-state index contributed by atoms with van der Waals surface area (Å²) in [6, 6.07) is 7.38. The number of anilines is 1. The highest BCUT2D eigenvalue weighted by Crippen LogP contribution is 2.24. The number of halogens is 1. The molecule has 8 heteroatoms. The average molecular weight is 289 g/mol. The third-order valence-electron chi connectivity index (χ3n) is 2.61. The predicted molar refractivity (Wildman–Crippen MR) is 73.6 cm³/mol. The zero-order chi connectivity index (χ0) is 14.1. The second-order valence-electron chi connectivity index (χ2n) is 3.95. The first-order valence-corrected chi connectivity index (χ1v) is 6.40. The maximum atomic E-state index is 12.9. The first-order valence-electron chi connectivity index (χ1n) is 5.58. The van der Waals surface area contributed by atoms with Crippen molar-refractivity contribution in [2.24, 2.45) is 0 Å². The maximum Gasteiger partial charge on any atom is 0.274 e. The van der Waals surface area contributed by atoms with Gasteiger partial charge in [0.25, 0.3) is 5.56 Å². The van der Waals surface area contributed by atoms with Gasteiger partial charge in [-0.1, -0.05) is 11.3 Å². The molecule has 20 heavy (non-hydrogen) atoms. The van der Waals surface area contributed by atoms with E-state index in [0.717, 1.165) is 11.3 Å². The standard InChI is InChI=1S/C12H8FN5OS/c13-7-3-1-6(2-4-7)9-5-8(10(19)16-15-9)11-17-18-12(14)20-11/h1-5H,(H2,14,18)(H,16,19). The van der Waals surface area contributed by atoms with Gasteiger partial charge in [-0.3, -0.25) is 4.79 Å². The predicted octanol–water partition coefficient (Wildman–Crippen LogP) is 1.68. The highest BCUT2D eigenvalue weighted by atomic mass is 32.1. The zero-order valence-corrected chi connectivity index (χ0v) is 10.8. The molecule has 0 aliphatic carbocycles. The Balaban J connectivity index is 2.11. The quantitative estimate of drug-likeness (QED) is 0.748. The average Bonchev–Trinajstić information content (AvgIpc) is 2.87. The van der Waals surface area contributed by atoms with E-state index in [1.165, 1.54) is 12.1 Å². The van der Waals surface area contributed by atoms with Crippen molar-refractivity contribution >= 4 is 16.5 Å². The molecule has 100 valence electrons. The van der Waals surface area contributed by atoms with Gasteiger partial charge in [0.05, 0.1) is 11.3 Å². The van der Waals surface area contributed by atoms with Gasteiger partial charge >= 0.3 is 0 Å². The van der Waals surface area contributed by atoms with E-state index in [1.807, 2.05) is 0 Å². The smallest absolute Gasteiger partial charge is 0.274 e. The summed E-state index contributed by atoms with van der Waals surface area (Å²) in [6.45, 7) is 0. The number of nitrogen functional groups attached to an aromatic ring is 1. The van der Waals surface area contributed by atoms with Gasteiger partial charge in [0.15, 0.2) is 5.01 Å². The molecule has 2 heterocycles. The lowest BCUT2D eigenvalue weighted by molar-refractivity contribution is 0.628. The summed E-state index contributed by atoms with van der Waals surface area (Å²) in [7, 11) is 0. The van der Waals surface area contributed by atoms with Gasteiger partial charge in [-0.2, -0.15) is 5.10 Å². The van der Waals surface area contributed by atoms with Crippen LogP contribution in [0.15, 0.2) is 35.1 Å². The Kier molecular flexibility index (Phi) is 2.99. The van der Waals surface area contributed by atoms with Crippen LogP contribution in [0.2, 0.25) is 0 Å². The number of nitrogens with one attached hydrogen (secondary N) is 1. The lowest BCUT2D eigenvalue weighted by Gasteiger charge is -2.01. The number of benzene rings is 1. The molecule has 0 atom stereocenters. The van der Waals surface area contributed by atoms with Crippen LogP contribution < -0.4 is 11.3 Å². The van der Waals surface area contributed by atoms with E-state index >= 15 is 0 Å². The minimum atomic E-state index is -0.382. The molecule has 0 radical (unpaired) electrons. The van der Waals surface area contributed by atoms with Crippen LogP contribution in [-0.4, -0.2) is 20.4 Å². The summed E-state index contributed by atoms with van der Waals surface area (Å²) < 4.78 is 12.9. The molecular weight excluding hydrogens is 281 g/mol. The highest BCUT2D eigenvalue weighted by Gasteiger charge is 2.11. The summed E-state index contributed by atoms with van der Waals surface area (Å²) in [4.78, 5) is 11.8. The van der Waals surface area contributed by atoms with E-state index in [2.05, 4.69) is 20.4 Å². The number of rotatable bonds is 2. The van der Waals surface area contributed by atoms with Crippen LogP contribution in [0.25, 0.3) is 21.8 Å². The number of H-pyrrole nitrogens is 1. The topological polar surface area (TPSA) is 97.5 Å². The minimum Gasteiger partial charge on any atom is -0.374 e. The van der Waals surface area contributed by atoms with Crippen LogP contribution in [0.5, 0.6) is 0 Å². The van der Waals surface area contributed by atoms with Crippen LogP contribution in [0.4, 0.5) is 9.52 Å². The molecule has 0 saturated carbocycles. The Morgan fingerprint density at radius 1 is 1.20 bits per heavy atom. The molecule has 6 nitrogen and oxygen atoms in total. The summed E-state index contributed by atoms with van der Waals surface area (Å²) in [6.07, 6.45) is 0. The molecule has 0 aliphatic rings. The normalized spacial score (nSPS) is 10.7. The van der Waals surface area contributed by atoms with Crippen molar-refractivity contribution < 1.29 is 4.39 Å². The van der Waals surface area contributed by atoms with Crippen molar-refractivity contribution in [2.45, 2.75) is 0 Å². The largest absolute Gasteiger partial charge is 0.374 e. The fourth-order valence-electron chi connectivity index (χ4n) is 1.68. The number of nitrogens with zero attached hydrogens (tertiary/aromatic N) is 3. The highest BCUT2D eigenvalue weighted by molar-refractivity contribution is 7.18. The van der Waals surface area contributed by atoms with Gasteiger partial charge < -0.3 is 5.73 Å². The summed E-state index contributed by atoms with van der Waals surface area (Å²) >= 11 is 1.11. The van der Waals surface area contributed by atoms with Crippen molar-refractivity contribution in [1.82, 2.24) is 20.4 Å². The van der Waals surface area contributed by atoms with Crippen molar-refractivity contribution in [1.29, 1.82) is 0 Å². The Bertz CT molecular complexity index is 811. The van der Waals surface area contributed by atoms with Crippen molar-refractivity contribution in [3.63, 3.8) is 0 Å². The van der Waals surface area contributed by atoms with Gasteiger partial charge in [0.1, 0.15) is 5.82 Å². The van der Waals surface area contributed by atoms with Crippen LogP contribution in [0, 0.1) is 5.82 Å². The Labute approximate surface area is 116 Å². The van der Waals surface area contributed by atoms with Crippen LogP contribution in [-0.2, 0) is 0 Å². The lowest BCUT2D eigenvalue weighted by Crippen LogP contribution is -2.11. The van der Waals surface area contributed by atoms with Crippen molar-refractivity contribution in [2.75, 3.05) is 5.73 Å². The molecule has 0 bridgehead atoms. The number of aromatic amines is 1. The van der Waals surface area contributed by atoms with Crippen LogP contribution in [0.1, 0.15) is 0 Å². The van der Waals surface area contributed by atoms with Crippen molar-refractivity contribution in [3.05, 3.63) is 46.5 Å². The summed E-state index contributed by atoms with van der Waals surface area (Å²) in [5, 5.41) is 14.5. The fraction of sp³-hybridized carbons (Fsp3) is 0. The van der Waals surface area contributed by atoms with E-state index in [1.54, 1.807) is 18.2 Å². The number of aromatic nitrogens is 4. The molecule has 0 saturated heterocycles. The van der Waals surface area contributed by atoms with Gasteiger partial charge in [-0.15, -0.1) is 10.2 Å². The molecule has 1 aromatic carbocycles. The molecule has 0 unspecified atom stereocenters. The van der Waals surface area contributed by atoms with Gasteiger partial charge in [-0.05, 0) is 30.3 Å². The van der Waals surface area contributed by atoms with Crippen LogP contribution in [0.3, 0.4) is 0 Å². The Morgan fingerprint density at radius 3 is 2.60 bits per heavy atom. The Hall–Kier alpha value is -2.61. The van der Waals surface area contributed by atoms with E-state index < -0.39 is 0 Å². The monoisotopic (exact) mass is 289 g/mol. The number of nitrogens with two attached hydrogens (primary N) is 1. The third-order valence-corrected chi connectivity index (χ3v) is 3.40. The van der Waals surface area contributed by atoms with E-state index in [0.29, 0.717) is 21.8 Å². The molecule has 3 rings (SSSR count). The SMILES string of the molecule is Nc1nnc(-c2cc(-c3ccc(F)cc3)n[nH]c2=O)s1. The molecule has 0 spiro atoms. The van der Waals surface area contributed by atoms with Crippen LogP contribution >= 0.6 is 11.3 Å². The molecule has 0 fully saturated rings. The molecule has 2 aromatic heterocycles. The van der Waals surface area contributed by atoms with Gasteiger partial charge in [0.2, 0.25) is 5.13 Å². The first kappa shape index (κ1) is 12.4. The molecular formula is C12H8FN5OS. The maximum absolute atomic E-state index is 12.9. The lowest BCUT2D eigenvalue weighted by atomic mass is 10.1. The molecule has 3 aromatic rings. The summed E-state index contributed by atoms with van der Waals surface area (Å²) in [5.41, 5.74) is 6.64. The van der Waals surface area contributed by atoms with E-state index in [4.69, 9.17) is 5.73 Å². The number of hydrogen-bond acceptors (Lipinski definition) is 6. The number of hydrogen-bond donors (Lipinski definition) is 2. The zero-order valence-electron chi connectivity index (χ0n) is 10.0. The van der Waals surface area contributed by atoms with Gasteiger partial charge in [0, 0.05) is 5.56 Å². The van der Waals surface area contributed by atoms with E-state index in [-0.39, 0.29) is 16.5 Å². The molecule has 0 amide bonds. The molecule has 0 aliphatic heterocycles. The molecule has 3 N–H and O–H groups in total. The third kappa shape index (κ3) is 2.28. The second-order valence-corrected chi connectivity index (χ2v) is 4.96. The fourth-order valence-corrected chi connectivity index (χ4v) is 2.30. The Morgan fingerprint density at radius 2 is 1.95 bits per heavy atom. The van der Waals surface area contributed by atoms with Crippen molar-refractivity contribution in [3.8, 4) is 21.8 Å². The second kappa shape index (κ2) is 4.82.